The number of aliphatic hydroxyl groups excluding tert-OH is 1. The predicted molar refractivity (Wildman–Crippen MR) is 122 cm³/mol. The lowest BCUT2D eigenvalue weighted by Gasteiger charge is -2.71. The molecular formula is C27H34N2O2. The third kappa shape index (κ3) is 2.88. The van der Waals surface area contributed by atoms with Crippen molar-refractivity contribution in [3.05, 3.63) is 71.8 Å². The molecule has 0 aliphatic carbocycles. The fourth-order valence-electron chi connectivity index (χ4n) is 7.49. The van der Waals surface area contributed by atoms with Gasteiger partial charge in [-0.3, -0.25) is 9.80 Å². The van der Waals surface area contributed by atoms with E-state index in [0.717, 1.165) is 45.6 Å². The predicted octanol–water partition coefficient (Wildman–Crippen LogP) is 3.40. The molecule has 0 aromatic heterocycles. The van der Waals surface area contributed by atoms with Crippen molar-refractivity contribution in [2.45, 2.75) is 55.4 Å². The summed E-state index contributed by atoms with van der Waals surface area (Å²) < 4.78 is 6.06. The molecule has 7 rings (SSSR count). The van der Waals surface area contributed by atoms with Crippen LogP contribution in [0.4, 0.5) is 0 Å². The highest BCUT2D eigenvalue weighted by Gasteiger charge is 2.67. The van der Waals surface area contributed by atoms with E-state index in [1.54, 1.807) is 0 Å². The topological polar surface area (TPSA) is 35.9 Å². The Morgan fingerprint density at radius 1 is 0.806 bits per heavy atom. The fourth-order valence-corrected chi connectivity index (χ4v) is 7.49. The summed E-state index contributed by atoms with van der Waals surface area (Å²) >= 11 is 0. The minimum atomic E-state index is -0.385. The molecule has 1 N–H and O–H groups in total. The first-order valence-corrected chi connectivity index (χ1v) is 11.8. The van der Waals surface area contributed by atoms with Crippen molar-refractivity contribution < 1.29 is 9.84 Å². The average molecular weight is 419 g/mol. The Hall–Kier alpha value is -1.72. The second-order valence-corrected chi connectivity index (χ2v) is 11.0. The van der Waals surface area contributed by atoms with Crippen LogP contribution < -0.4 is 0 Å². The van der Waals surface area contributed by atoms with Crippen molar-refractivity contribution >= 4 is 0 Å². The summed E-state index contributed by atoms with van der Waals surface area (Å²) in [5, 5.41) is 12.0. The Morgan fingerprint density at radius 2 is 1.29 bits per heavy atom. The molecule has 2 aromatic carbocycles. The maximum Gasteiger partial charge on any atom is 0.0782 e. The summed E-state index contributed by atoms with van der Waals surface area (Å²) in [7, 11) is 0. The normalized spacial score (nSPS) is 43.1. The third-order valence-electron chi connectivity index (χ3n) is 8.59. The second-order valence-electron chi connectivity index (χ2n) is 11.0. The highest BCUT2D eigenvalue weighted by Crippen LogP contribution is 2.55. The molecule has 4 nitrogen and oxygen atoms in total. The highest BCUT2D eigenvalue weighted by molar-refractivity contribution is 5.42. The van der Waals surface area contributed by atoms with Gasteiger partial charge in [0.05, 0.1) is 17.9 Å². The van der Waals surface area contributed by atoms with Crippen LogP contribution in [0.2, 0.25) is 0 Å². The molecule has 1 atom stereocenters. The maximum atomic E-state index is 12.0. The molecule has 5 fully saturated rings. The minimum absolute atomic E-state index is 0.0480. The van der Waals surface area contributed by atoms with Crippen LogP contribution in [0.5, 0.6) is 0 Å². The average Bonchev–Trinajstić information content (AvgIpc) is 2.77. The SMILES string of the molecule is CC1(C)C[C@H](C2N3CC4(c5ccccc5)CN2CC(c2ccccc2)(C3)C4O)CCO1. The Morgan fingerprint density at radius 3 is 1.74 bits per heavy atom. The molecule has 0 unspecified atom stereocenters. The zero-order valence-electron chi connectivity index (χ0n) is 18.7. The van der Waals surface area contributed by atoms with Crippen molar-refractivity contribution in [1.29, 1.82) is 0 Å². The number of rotatable bonds is 3. The molecule has 0 spiro atoms. The first kappa shape index (κ1) is 19.9. The van der Waals surface area contributed by atoms with Gasteiger partial charge in [0.1, 0.15) is 0 Å². The molecule has 0 radical (unpaired) electrons. The Labute approximate surface area is 185 Å². The van der Waals surface area contributed by atoms with E-state index in [0.29, 0.717) is 12.1 Å². The lowest BCUT2D eigenvalue weighted by Crippen LogP contribution is -2.84. The van der Waals surface area contributed by atoms with E-state index in [9.17, 15) is 5.11 Å². The highest BCUT2D eigenvalue weighted by atomic mass is 16.5. The zero-order chi connectivity index (χ0) is 21.3. The van der Waals surface area contributed by atoms with Gasteiger partial charge in [0.2, 0.25) is 0 Å². The molecule has 5 aliphatic heterocycles. The summed E-state index contributed by atoms with van der Waals surface area (Å²) in [4.78, 5) is 5.43. The molecule has 5 saturated heterocycles. The fraction of sp³-hybridized carbons (Fsp3) is 0.556. The van der Waals surface area contributed by atoms with E-state index >= 15 is 0 Å². The first-order chi connectivity index (χ1) is 14.9. The van der Waals surface area contributed by atoms with Crippen molar-refractivity contribution in [1.82, 2.24) is 9.80 Å². The molecule has 0 amide bonds. The zero-order valence-corrected chi connectivity index (χ0v) is 18.7. The lowest BCUT2D eigenvalue weighted by molar-refractivity contribution is -0.229. The number of hydrogen-bond donors (Lipinski definition) is 1. The van der Waals surface area contributed by atoms with E-state index in [1.807, 2.05) is 0 Å². The van der Waals surface area contributed by atoms with Crippen LogP contribution in [-0.2, 0) is 15.6 Å². The number of piperidine rings is 2. The van der Waals surface area contributed by atoms with E-state index in [1.165, 1.54) is 11.1 Å². The van der Waals surface area contributed by atoms with Gasteiger partial charge < -0.3 is 9.84 Å². The van der Waals surface area contributed by atoms with Crippen molar-refractivity contribution in [3.63, 3.8) is 0 Å². The molecule has 4 heteroatoms. The standard InChI is InChI=1S/C27H34N2O2/c1-25(2)15-20(13-14-31-25)23-28-16-26(21-9-5-3-6-10-21)17-29(23)19-27(18-28,24(26)30)22-11-7-4-8-12-22/h3-12,20,23-24,30H,13-19H2,1-2H3/t20-,23?,24?,26?,27?/m1/s1. The van der Waals surface area contributed by atoms with Crippen molar-refractivity contribution in [3.8, 4) is 0 Å². The van der Waals surface area contributed by atoms with Crippen molar-refractivity contribution in [2.24, 2.45) is 5.92 Å². The summed E-state index contributed by atoms with van der Waals surface area (Å²) in [5.41, 5.74) is 2.02. The minimum Gasteiger partial charge on any atom is -0.391 e. The molecule has 2 aromatic rings. The molecule has 31 heavy (non-hydrogen) atoms. The van der Waals surface area contributed by atoms with E-state index < -0.39 is 0 Å². The molecule has 164 valence electrons. The maximum absolute atomic E-state index is 12.0. The molecule has 0 saturated carbocycles. The van der Waals surface area contributed by atoms with Gasteiger partial charge in [-0.2, -0.15) is 0 Å². The van der Waals surface area contributed by atoms with Crippen LogP contribution in [0, 0.1) is 5.92 Å². The first-order valence-electron chi connectivity index (χ1n) is 11.8. The van der Waals surface area contributed by atoms with Gasteiger partial charge in [-0.05, 0) is 43.7 Å². The van der Waals surface area contributed by atoms with E-state index in [4.69, 9.17) is 4.74 Å². The van der Waals surface area contributed by atoms with Gasteiger partial charge in [0, 0.05) is 43.6 Å². The van der Waals surface area contributed by atoms with Crippen molar-refractivity contribution in [2.75, 3.05) is 32.8 Å². The van der Waals surface area contributed by atoms with Crippen LogP contribution >= 0.6 is 0 Å². The number of ether oxygens (including phenoxy) is 1. The lowest BCUT2D eigenvalue weighted by atomic mass is 9.54. The summed E-state index contributed by atoms with van der Waals surface area (Å²) in [6.07, 6.45) is 2.29. The number of aliphatic hydroxyl groups is 1. The van der Waals surface area contributed by atoms with Crippen LogP contribution in [0.25, 0.3) is 0 Å². The van der Waals surface area contributed by atoms with Gasteiger partial charge in [-0.1, -0.05) is 60.7 Å². The Balaban J connectivity index is 1.44. The quantitative estimate of drug-likeness (QED) is 0.829. The van der Waals surface area contributed by atoms with Crippen LogP contribution in [-0.4, -0.2) is 65.6 Å². The largest absolute Gasteiger partial charge is 0.391 e. The number of hydrogen-bond acceptors (Lipinski definition) is 4. The molecular weight excluding hydrogens is 384 g/mol. The summed E-state index contributed by atoms with van der Waals surface area (Å²) in [6.45, 7) is 9.07. The second kappa shape index (κ2) is 6.89. The van der Waals surface area contributed by atoms with E-state index in [-0.39, 0.29) is 22.5 Å². The van der Waals surface area contributed by atoms with Crippen LogP contribution in [0.3, 0.4) is 0 Å². The smallest absolute Gasteiger partial charge is 0.0782 e. The van der Waals surface area contributed by atoms with Gasteiger partial charge in [0.15, 0.2) is 0 Å². The van der Waals surface area contributed by atoms with Crippen LogP contribution in [0.15, 0.2) is 60.7 Å². The molecule has 5 aliphatic rings. The molecule has 5 heterocycles. The Kier molecular flexibility index (Phi) is 4.43. The van der Waals surface area contributed by atoms with E-state index in [2.05, 4.69) is 84.3 Å². The summed E-state index contributed by atoms with van der Waals surface area (Å²) in [6, 6.07) is 21.6. The van der Waals surface area contributed by atoms with Gasteiger partial charge >= 0.3 is 0 Å². The monoisotopic (exact) mass is 418 g/mol. The van der Waals surface area contributed by atoms with Crippen LogP contribution in [0.1, 0.15) is 37.8 Å². The Bertz CT molecular complexity index is 869. The molecule has 4 bridgehead atoms. The van der Waals surface area contributed by atoms with Gasteiger partial charge in [-0.15, -0.1) is 0 Å². The third-order valence-corrected chi connectivity index (χ3v) is 8.59. The van der Waals surface area contributed by atoms with Gasteiger partial charge in [0.25, 0.3) is 0 Å². The summed E-state index contributed by atoms with van der Waals surface area (Å²) in [5.74, 6) is 0.613. The number of nitrogens with zero attached hydrogens (tertiary/aromatic N) is 2. The number of benzene rings is 2. The van der Waals surface area contributed by atoms with Gasteiger partial charge in [-0.25, -0.2) is 0 Å².